The van der Waals surface area contributed by atoms with E-state index in [1.54, 1.807) is 0 Å². The number of amides is 1. The fourth-order valence-corrected chi connectivity index (χ4v) is 2.18. The Morgan fingerprint density at radius 2 is 1.38 bits per heavy atom. The average molecular weight is 343 g/mol. The van der Waals surface area contributed by atoms with Gasteiger partial charge < -0.3 is 14.8 Å². The van der Waals surface area contributed by atoms with Crippen LogP contribution in [0.3, 0.4) is 0 Å². The maximum Gasteiger partial charge on any atom is 0.329 e. The van der Waals surface area contributed by atoms with E-state index in [-0.39, 0.29) is 12.3 Å². The van der Waals surface area contributed by atoms with Crippen LogP contribution in [-0.2, 0) is 23.9 Å². The van der Waals surface area contributed by atoms with E-state index in [2.05, 4.69) is 19.2 Å². The van der Waals surface area contributed by atoms with Crippen LogP contribution in [0.25, 0.3) is 0 Å². The van der Waals surface area contributed by atoms with Crippen molar-refractivity contribution in [3.05, 3.63) is 0 Å². The lowest BCUT2D eigenvalue weighted by molar-refractivity contribution is -0.153. The lowest BCUT2D eigenvalue weighted by Gasteiger charge is -2.16. The first-order chi connectivity index (χ1) is 11.5. The van der Waals surface area contributed by atoms with Crippen molar-refractivity contribution in [2.45, 2.75) is 84.6 Å². The van der Waals surface area contributed by atoms with Crippen molar-refractivity contribution >= 4 is 17.8 Å². The molecule has 0 aliphatic carbocycles. The third kappa shape index (κ3) is 12.9. The Labute approximate surface area is 145 Å². The molecule has 1 unspecified atom stereocenters. The molecular weight excluding hydrogens is 310 g/mol. The normalized spacial score (nSPS) is 11.6. The van der Waals surface area contributed by atoms with Gasteiger partial charge in [0.05, 0.1) is 19.6 Å². The summed E-state index contributed by atoms with van der Waals surface area (Å²) < 4.78 is 10.3. The molecule has 0 fully saturated rings. The molecule has 0 bridgehead atoms. The van der Waals surface area contributed by atoms with Crippen molar-refractivity contribution in [1.29, 1.82) is 0 Å². The number of unbranched alkanes of at least 4 members (excludes halogenated alkanes) is 6. The highest BCUT2D eigenvalue weighted by atomic mass is 16.5. The number of ether oxygens (including phenoxy) is 2. The quantitative estimate of drug-likeness (QED) is 0.387. The van der Waals surface area contributed by atoms with Crippen LogP contribution in [0.15, 0.2) is 0 Å². The highest BCUT2D eigenvalue weighted by Gasteiger charge is 2.25. The number of esters is 2. The summed E-state index contributed by atoms with van der Waals surface area (Å²) in [5.41, 5.74) is 0. The van der Waals surface area contributed by atoms with Crippen LogP contribution in [0.2, 0.25) is 0 Å². The predicted octanol–water partition coefficient (Wildman–Crippen LogP) is 3.13. The maximum absolute atomic E-state index is 12.0. The second-order valence-electron chi connectivity index (χ2n) is 5.97. The van der Waals surface area contributed by atoms with Crippen LogP contribution >= 0.6 is 0 Å². The van der Waals surface area contributed by atoms with Crippen molar-refractivity contribution in [1.82, 2.24) is 5.32 Å². The summed E-state index contributed by atoms with van der Waals surface area (Å²) in [6.45, 7) is 6.17. The van der Waals surface area contributed by atoms with E-state index in [1.165, 1.54) is 6.92 Å². The van der Waals surface area contributed by atoms with Crippen LogP contribution in [0.5, 0.6) is 0 Å². The first kappa shape index (κ1) is 22.4. The lowest BCUT2D eigenvalue weighted by atomic mass is 10.2. The molecule has 0 heterocycles. The van der Waals surface area contributed by atoms with E-state index in [9.17, 15) is 14.4 Å². The zero-order valence-corrected chi connectivity index (χ0v) is 15.4. The molecule has 1 atom stereocenters. The monoisotopic (exact) mass is 343 g/mol. The van der Waals surface area contributed by atoms with Gasteiger partial charge in [0.1, 0.15) is 6.04 Å². The first-order valence-electron chi connectivity index (χ1n) is 9.10. The second-order valence-corrected chi connectivity index (χ2v) is 5.97. The van der Waals surface area contributed by atoms with Gasteiger partial charge in [-0.05, 0) is 12.8 Å². The molecule has 24 heavy (non-hydrogen) atoms. The number of hydrogen-bond acceptors (Lipinski definition) is 5. The van der Waals surface area contributed by atoms with Gasteiger partial charge in [-0.15, -0.1) is 0 Å². The molecule has 140 valence electrons. The van der Waals surface area contributed by atoms with Gasteiger partial charge in [0, 0.05) is 6.92 Å². The van der Waals surface area contributed by atoms with Gasteiger partial charge >= 0.3 is 11.9 Å². The van der Waals surface area contributed by atoms with E-state index >= 15 is 0 Å². The van der Waals surface area contributed by atoms with Gasteiger partial charge in [0.2, 0.25) is 5.91 Å². The van der Waals surface area contributed by atoms with E-state index < -0.39 is 18.0 Å². The molecule has 6 heteroatoms. The summed E-state index contributed by atoms with van der Waals surface area (Å²) in [5, 5.41) is 2.46. The molecule has 0 radical (unpaired) electrons. The van der Waals surface area contributed by atoms with Crippen molar-refractivity contribution in [3.63, 3.8) is 0 Å². The number of rotatable bonds is 14. The Hall–Kier alpha value is -1.59. The summed E-state index contributed by atoms with van der Waals surface area (Å²) in [6, 6.07) is -0.975. The minimum atomic E-state index is -0.975. The Bertz CT molecular complexity index is 370. The van der Waals surface area contributed by atoms with Gasteiger partial charge in [-0.25, -0.2) is 4.79 Å². The number of nitrogens with one attached hydrogen (secondary N) is 1. The van der Waals surface area contributed by atoms with Crippen LogP contribution in [0.4, 0.5) is 0 Å². The molecule has 0 aromatic heterocycles. The van der Waals surface area contributed by atoms with Crippen molar-refractivity contribution < 1.29 is 23.9 Å². The first-order valence-corrected chi connectivity index (χ1v) is 9.10. The zero-order valence-electron chi connectivity index (χ0n) is 15.4. The van der Waals surface area contributed by atoms with Crippen molar-refractivity contribution in [2.24, 2.45) is 0 Å². The van der Waals surface area contributed by atoms with Gasteiger partial charge in [0.15, 0.2) is 0 Å². The smallest absolute Gasteiger partial charge is 0.329 e. The third-order valence-electron chi connectivity index (χ3n) is 3.54. The number of carbonyl (C=O) groups excluding carboxylic acids is 3. The maximum atomic E-state index is 12.0. The Balaban J connectivity index is 4.16. The summed E-state index contributed by atoms with van der Waals surface area (Å²) in [7, 11) is 0. The van der Waals surface area contributed by atoms with Crippen LogP contribution in [0, 0.1) is 0 Å². The van der Waals surface area contributed by atoms with Crippen LogP contribution < -0.4 is 5.32 Å². The molecule has 0 aliphatic heterocycles. The van der Waals surface area contributed by atoms with E-state index in [0.29, 0.717) is 13.2 Å². The molecule has 0 aromatic rings. The zero-order chi connectivity index (χ0) is 18.2. The van der Waals surface area contributed by atoms with Gasteiger partial charge in [-0.1, -0.05) is 52.4 Å². The van der Waals surface area contributed by atoms with Crippen molar-refractivity contribution in [2.75, 3.05) is 13.2 Å². The van der Waals surface area contributed by atoms with E-state index in [4.69, 9.17) is 9.47 Å². The fourth-order valence-electron chi connectivity index (χ4n) is 2.18. The Morgan fingerprint density at radius 1 is 0.833 bits per heavy atom. The van der Waals surface area contributed by atoms with Crippen LogP contribution in [0.1, 0.15) is 78.6 Å². The number of carbonyl (C=O) groups is 3. The fraction of sp³-hybridized carbons (Fsp3) is 0.833. The lowest BCUT2D eigenvalue weighted by Crippen LogP contribution is -2.42. The molecular formula is C18H33NO5. The molecule has 0 rings (SSSR count). The summed E-state index contributed by atoms with van der Waals surface area (Å²) >= 11 is 0. The van der Waals surface area contributed by atoms with Gasteiger partial charge in [0.25, 0.3) is 0 Å². The minimum Gasteiger partial charge on any atom is -0.466 e. The van der Waals surface area contributed by atoms with Gasteiger partial charge in [-0.2, -0.15) is 0 Å². The summed E-state index contributed by atoms with van der Waals surface area (Å²) in [4.78, 5) is 35.0. The standard InChI is InChI=1S/C18H33NO5/c1-4-6-8-10-12-23-17(21)14-16(19-15(3)20)18(22)24-13-11-9-7-5-2/h16H,4-14H2,1-3H3,(H,19,20). The van der Waals surface area contributed by atoms with Gasteiger partial charge in [-0.3, -0.25) is 9.59 Å². The van der Waals surface area contributed by atoms with E-state index in [0.717, 1.165) is 51.4 Å². The second kappa shape index (κ2) is 15.0. The highest BCUT2D eigenvalue weighted by Crippen LogP contribution is 2.04. The molecule has 0 aliphatic rings. The third-order valence-corrected chi connectivity index (χ3v) is 3.54. The highest BCUT2D eigenvalue weighted by molar-refractivity contribution is 5.87. The molecule has 0 aromatic carbocycles. The molecule has 0 saturated heterocycles. The Morgan fingerprint density at radius 3 is 1.88 bits per heavy atom. The number of hydrogen-bond donors (Lipinski definition) is 1. The Kier molecular flexibility index (Phi) is 14.0. The summed E-state index contributed by atoms with van der Waals surface area (Å²) in [5.74, 6) is -1.45. The van der Waals surface area contributed by atoms with Crippen molar-refractivity contribution in [3.8, 4) is 0 Å². The average Bonchev–Trinajstić information content (AvgIpc) is 2.53. The predicted molar refractivity (Wildman–Crippen MR) is 92.4 cm³/mol. The van der Waals surface area contributed by atoms with Crippen LogP contribution in [-0.4, -0.2) is 37.1 Å². The molecule has 0 saturated carbocycles. The largest absolute Gasteiger partial charge is 0.466 e. The minimum absolute atomic E-state index is 0.193. The summed E-state index contributed by atoms with van der Waals surface area (Å²) in [6.07, 6.45) is 7.83. The molecule has 1 N–H and O–H groups in total. The van der Waals surface area contributed by atoms with E-state index in [1.807, 2.05) is 0 Å². The SMILES string of the molecule is CCCCCCOC(=O)CC(NC(C)=O)C(=O)OCCCCCC. The molecule has 0 spiro atoms. The molecule has 1 amide bonds. The topological polar surface area (TPSA) is 81.7 Å². The molecule has 6 nitrogen and oxygen atoms in total.